The van der Waals surface area contributed by atoms with Gasteiger partial charge in [0.1, 0.15) is 11.4 Å². The first-order valence-electron chi connectivity index (χ1n) is 16.4. The van der Waals surface area contributed by atoms with Crippen LogP contribution in [0.15, 0.2) is 60.7 Å². The van der Waals surface area contributed by atoms with Gasteiger partial charge in [-0.05, 0) is 87.3 Å². The van der Waals surface area contributed by atoms with Crippen LogP contribution in [0, 0.1) is 6.92 Å². The summed E-state index contributed by atoms with van der Waals surface area (Å²) in [6.07, 6.45) is 2.99. The van der Waals surface area contributed by atoms with E-state index < -0.39 is 11.9 Å². The fraction of sp³-hybridized carbons (Fsp3) is 0.351. The standard InChI is InChI=1S/C37H43N5O7/c1-24-11-13-31(33(20-24)49-19-6-4-5-10-34(43)42-17-15-41(2)16-18-42)40-35(44)25-12-14-29(26(21-25)23-48-3)39-36(45)27-8-7-9-30-28(27)22-32(38-30)37(46)47/h7-9,11-14,20-22,38H,4-6,10,15-19,23H2,1-3H3,(H,39,45)(H,40,44)(H,46,47). The predicted molar refractivity (Wildman–Crippen MR) is 188 cm³/mol. The van der Waals surface area contributed by atoms with Crippen LogP contribution >= 0.6 is 0 Å². The molecule has 0 saturated carbocycles. The highest BCUT2D eigenvalue weighted by molar-refractivity contribution is 6.14. The van der Waals surface area contributed by atoms with Crippen molar-refractivity contribution in [3.63, 3.8) is 0 Å². The second-order valence-electron chi connectivity index (χ2n) is 12.3. The van der Waals surface area contributed by atoms with Gasteiger partial charge in [0.05, 0.1) is 18.9 Å². The van der Waals surface area contributed by atoms with E-state index in [0.717, 1.165) is 51.0 Å². The number of aromatic carboxylic acids is 1. The monoisotopic (exact) mass is 669 g/mol. The number of unbranched alkanes of at least 4 members (excludes halogenated alkanes) is 2. The van der Waals surface area contributed by atoms with Gasteiger partial charge in [0.2, 0.25) is 5.91 Å². The number of H-pyrrole nitrogens is 1. The summed E-state index contributed by atoms with van der Waals surface area (Å²) in [7, 11) is 3.59. The number of amides is 3. The topological polar surface area (TPSA) is 153 Å². The van der Waals surface area contributed by atoms with Crippen LogP contribution in [0.2, 0.25) is 0 Å². The quantitative estimate of drug-likeness (QED) is 0.128. The molecule has 0 unspecified atom stereocenters. The average molecular weight is 670 g/mol. The first kappa shape index (κ1) is 35.1. The summed E-state index contributed by atoms with van der Waals surface area (Å²) in [6.45, 7) is 5.95. The lowest BCUT2D eigenvalue weighted by Gasteiger charge is -2.32. The summed E-state index contributed by atoms with van der Waals surface area (Å²) < 4.78 is 11.4. The van der Waals surface area contributed by atoms with Crippen LogP contribution in [0.4, 0.5) is 11.4 Å². The number of fused-ring (bicyclic) bond motifs is 1. The van der Waals surface area contributed by atoms with E-state index in [9.17, 15) is 24.3 Å². The van der Waals surface area contributed by atoms with E-state index in [1.807, 2.05) is 24.0 Å². The third-order valence-electron chi connectivity index (χ3n) is 8.59. The van der Waals surface area contributed by atoms with Crippen molar-refractivity contribution < 1.29 is 33.8 Å². The fourth-order valence-electron chi connectivity index (χ4n) is 5.79. The van der Waals surface area contributed by atoms with Crippen LogP contribution in [-0.4, -0.2) is 90.5 Å². The number of nitrogens with one attached hydrogen (secondary N) is 3. The van der Waals surface area contributed by atoms with E-state index in [0.29, 0.717) is 57.7 Å². The Morgan fingerprint density at radius 2 is 1.63 bits per heavy atom. The van der Waals surface area contributed by atoms with Gasteiger partial charge in [-0.15, -0.1) is 0 Å². The number of carboxylic acids is 1. The van der Waals surface area contributed by atoms with Crippen LogP contribution in [0.5, 0.6) is 5.75 Å². The summed E-state index contributed by atoms with van der Waals surface area (Å²) in [6, 6.07) is 16.9. The second kappa shape index (κ2) is 16.3. The molecule has 0 aliphatic carbocycles. The maximum Gasteiger partial charge on any atom is 0.352 e. The zero-order chi connectivity index (χ0) is 34.9. The minimum atomic E-state index is -1.12. The van der Waals surface area contributed by atoms with Crippen LogP contribution in [0.1, 0.15) is 68.0 Å². The maximum absolute atomic E-state index is 13.4. The number of carboxylic acid groups (broad SMARTS) is 1. The molecule has 12 nitrogen and oxygen atoms in total. The molecule has 0 bridgehead atoms. The van der Waals surface area contributed by atoms with Crippen molar-refractivity contribution in [1.82, 2.24) is 14.8 Å². The second-order valence-corrected chi connectivity index (χ2v) is 12.3. The first-order valence-corrected chi connectivity index (χ1v) is 16.4. The lowest BCUT2D eigenvalue weighted by Crippen LogP contribution is -2.47. The third-order valence-corrected chi connectivity index (χ3v) is 8.59. The fourth-order valence-corrected chi connectivity index (χ4v) is 5.79. The number of methoxy groups -OCH3 is 1. The number of rotatable bonds is 14. The van der Waals surface area contributed by atoms with E-state index in [1.54, 1.807) is 42.5 Å². The molecule has 1 saturated heterocycles. The molecule has 258 valence electrons. The lowest BCUT2D eigenvalue weighted by atomic mass is 10.1. The van der Waals surface area contributed by atoms with Gasteiger partial charge < -0.3 is 40.0 Å². The molecule has 4 N–H and O–H groups in total. The van der Waals surface area contributed by atoms with Crippen molar-refractivity contribution in [1.29, 1.82) is 0 Å². The number of hydrogen-bond acceptors (Lipinski definition) is 7. The SMILES string of the molecule is COCc1cc(C(=O)Nc2ccc(C)cc2OCCCCCC(=O)N2CCN(C)CC2)ccc1NC(=O)c1cccc2[nH]c(C(=O)O)cc12. The molecule has 1 aromatic heterocycles. The van der Waals surface area contributed by atoms with E-state index in [4.69, 9.17) is 9.47 Å². The highest BCUT2D eigenvalue weighted by atomic mass is 16.5. The first-order chi connectivity index (χ1) is 23.6. The van der Waals surface area contributed by atoms with Gasteiger partial charge in [0.15, 0.2) is 0 Å². The molecule has 3 amide bonds. The van der Waals surface area contributed by atoms with Crippen LogP contribution in [0.25, 0.3) is 10.9 Å². The molecule has 1 fully saturated rings. The summed E-state index contributed by atoms with van der Waals surface area (Å²) in [5.41, 5.74) is 3.74. The average Bonchev–Trinajstić information content (AvgIpc) is 3.54. The summed E-state index contributed by atoms with van der Waals surface area (Å²) >= 11 is 0. The highest BCUT2D eigenvalue weighted by Crippen LogP contribution is 2.28. The molecule has 4 aromatic rings. The van der Waals surface area contributed by atoms with Crippen molar-refractivity contribution >= 4 is 46.0 Å². The van der Waals surface area contributed by atoms with Gasteiger partial charge in [-0.25, -0.2) is 4.79 Å². The molecular formula is C37H43N5O7. The Labute approximate surface area is 285 Å². The van der Waals surface area contributed by atoms with E-state index in [1.165, 1.54) is 13.2 Å². The molecule has 49 heavy (non-hydrogen) atoms. The number of nitrogens with zero attached hydrogens (tertiary/aromatic N) is 2. The lowest BCUT2D eigenvalue weighted by molar-refractivity contribution is -0.132. The normalized spacial score (nSPS) is 13.3. The smallest absolute Gasteiger partial charge is 0.352 e. The van der Waals surface area contributed by atoms with Gasteiger partial charge >= 0.3 is 5.97 Å². The summed E-state index contributed by atoms with van der Waals surface area (Å²) in [4.78, 5) is 57.6. The Morgan fingerprint density at radius 3 is 2.39 bits per heavy atom. The molecule has 1 aliphatic heterocycles. The molecular weight excluding hydrogens is 626 g/mol. The largest absolute Gasteiger partial charge is 0.491 e. The molecule has 0 atom stereocenters. The van der Waals surface area contributed by atoms with Gasteiger partial charge in [0.25, 0.3) is 11.8 Å². The van der Waals surface area contributed by atoms with Crippen LogP contribution in [-0.2, 0) is 16.1 Å². The molecule has 0 radical (unpaired) electrons. The minimum Gasteiger partial charge on any atom is -0.491 e. The molecule has 0 spiro atoms. The number of aromatic amines is 1. The number of likely N-dealkylation sites (N-methyl/N-ethyl adjacent to an activating group) is 1. The number of aryl methyl sites for hydroxylation is 1. The number of benzene rings is 3. The van der Waals surface area contributed by atoms with Crippen molar-refractivity contribution in [2.75, 3.05) is 57.6 Å². The predicted octanol–water partition coefficient (Wildman–Crippen LogP) is 5.54. The molecule has 3 aromatic carbocycles. The van der Waals surface area contributed by atoms with Crippen LogP contribution in [0.3, 0.4) is 0 Å². The maximum atomic E-state index is 13.4. The van der Waals surface area contributed by atoms with E-state index in [2.05, 4.69) is 27.6 Å². The minimum absolute atomic E-state index is 0.0160. The number of ether oxygens (including phenoxy) is 2. The van der Waals surface area contributed by atoms with Gasteiger partial charge in [-0.2, -0.15) is 0 Å². The molecule has 1 aliphatic rings. The molecule has 2 heterocycles. The molecule has 12 heteroatoms. The van der Waals surface area contributed by atoms with Crippen LogP contribution < -0.4 is 15.4 Å². The van der Waals surface area contributed by atoms with Crippen molar-refractivity contribution in [3.05, 3.63) is 88.6 Å². The molecule has 5 rings (SSSR count). The zero-order valence-corrected chi connectivity index (χ0v) is 28.1. The van der Waals surface area contributed by atoms with Crippen molar-refractivity contribution in [2.45, 2.75) is 39.2 Å². The van der Waals surface area contributed by atoms with Gasteiger partial charge in [-0.3, -0.25) is 14.4 Å². The van der Waals surface area contributed by atoms with Gasteiger partial charge in [0, 0.05) is 73.0 Å². The zero-order valence-electron chi connectivity index (χ0n) is 28.1. The number of piperazine rings is 1. The Morgan fingerprint density at radius 1 is 0.878 bits per heavy atom. The summed E-state index contributed by atoms with van der Waals surface area (Å²) in [5, 5.41) is 15.7. The Kier molecular flexibility index (Phi) is 11.7. The number of carbonyl (C=O) groups is 4. The Bertz CT molecular complexity index is 1830. The van der Waals surface area contributed by atoms with Crippen molar-refractivity contribution in [3.8, 4) is 5.75 Å². The summed E-state index contributed by atoms with van der Waals surface area (Å²) in [5.74, 6) is -1.13. The highest BCUT2D eigenvalue weighted by Gasteiger charge is 2.20. The number of carbonyl (C=O) groups excluding carboxylic acids is 3. The van der Waals surface area contributed by atoms with Crippen molar-refractivity contribution in [2.24, 2.45) is 0 Å². The number of anilines is 2. The number of aromatic nitrogens is 1. The third kappa shape index (κ3) is 9.04. The Hall–Kier alpha value is -5.20. The van der Waals surface area contributed by atoms with Gasteiger partial charge in [-0.1, -0.05) is 12.1 Å². The Balaban J connectivity index is 1.19. The van der Waals surface area contributed by atoms with E-state index >= 15 is 0 Å². The number of hydrogen-bond donors (Lipinski definition) is 4. The van der Waals surface area contributed by atoms with E-state index in [-0.39, 0.29) is 24.1 Å².